The molecule has 27 heavy (non-hydrogen) atoms. The first-order chi connectivity index (χ1) is 12.8. The van der Waals surface area contributed by atoms with Crippen molar-refractivity contribution in [3.63, 3.8) is 0 Å². The van der Waals surface area contributed by atoms with Crippen LogP contribution in [0.4, 0.5) is 0 Å². The van der Waals surface area contributed by atoms with Crippen molar-refractivity contribution >= 4 is 28.9 Å². The molecule has 3 atom stereocenters. The highest BCUT2D eigenvalue weighted by Gasteiger charge is 2.61. The fourth-order valence-electron chi connectivity index (χ4n) is 4.11. The Bertz CT molecular complexity index is 726. The lowest BCUT2D eigenvalue weighted by Gasteiger charge is -2.32. The molecule has 2 bridgehead atoms. The van der Waals surface area contributed by atoms with Crippen molar-refractivity contribution in [1.29, 1.82) is 0 Å². The van der Waals surface area contributed by atoms with Gasteiger partial charge in [0, 0.05) is 30.1 Å². The van der Waals surface area contributed by atoms with E-state index in [0.29, 0.717) is 29.1 Å². The molecular formula is C21H29ClN2O2S. The predicted molar refractivity (Wildman–Crippen MR) is 114 cm³/mol. The molecule has 2 aliphatic rings. The van der Waals surface area contributed by atoms with E-state index in [9.17, 15) is 0 Å². The fraction of sp³-hybridized carbons (Fsp3) is 0.571. The highest BCUT2D eigenvalue weighted by Crippen LogP contribution is 2.55. The third kappa shape index (κ3) is 4.10. The van der Waals surface area contributed by atoms with Gasteiger partial charge in [-0.15, -0.1) is 6.58 Å². The highest BCUT2D eigenvalue weighted by atomic mass is 35.5. The van der Waals surface area contributed by atoms with Crippen molar-refractivity contribution in [1.82, 2.24) is 10.6 Å². The lowest BCUT2D eigenvalue weighted by Crippen LogP contribution is -2.41. The second kappa shape index (κ2) is 7.98. The van der Waals surface area contributed by atoms with Gasteiger partial charge in [0.1, 0.15) is 17.5 Å². The number of hydrogen-bond acceptors (Lipinski definition) is 3. The van der Waals surface area contributed by atoms with E-state index in [1.807, 2.05) is 18.2 Å². The van der Waals surface area contributed by atoms with Gasteiger partial charge in [-0.05, 0) is 50.0 Å². The Labute approximate surface area is 172 Å². The summed E-state index contributed by atoms with van der Waals surface area (Å²) in [5.74, 6) is 1.27. The second-order valence-corrected chi connectivity index (χ2v) is 8.83. The van der Waals surface area contributed by atoms with E-state index < -0.39 is 0 Å². The molecule has 2 fully saturated rings. The van der Waals surface area contributed by atoms with E-state index in [-0.39, 0.29) is 17.3 Å². The fourth-order valence-corrected chi connectivity index (χ4v) is 4.49. The van der Waals surface area contributed by atoms with Crippen LogP contribution in [0.5, 0.6) is 5.75 Å². The Hall–Kier alpha value is -1.30. The van der Waals surface area contributed by atoms with E-state index in [2.05, 4.69) is 38.0 Å². The van der Waals surface area contributed by atoms with Crippen molar-refractivity contribution < 1.29 is 9.47 Å². The van der Waals surface area contributed by atoms with Crippen LogP contribution in [-0.4, -0.2) is 29.0 Å². The van der Waals surface area contributed by atoms with Gasteiger partial charge in [-0.1, -0.05) is 37.6 Å². The van der Waals surface area contributed by atoms with E-state index in [1.54, 1.807) is 6.08 Å². The molecule has 2 N–H and O–H groups in total. The van der Waals surface area contributed by atoms with Crippen LogP contribution in [0.25, 0.3) is 0 Å². The SMILES string of the molecule is C=CCNC(=S)NCc1c(Cl)cccc1O[C@@H]1C[C@]2(C(C)C)CC[C@@]1(C)O2. The number of rotatable bonds is 7. The minimum absolute atomic E-state index is 0.0247. The number of hydrogen-bond donors (Lipinski definition) is 2. The number of ether oxygens (including phenoxy) is 2. The van der Waals surface area contributed by atoms with Gasteiger partial charge in [0.05, 0.1) is 5.60 Å². The molecule has 2 saturated heterocycles. The molecule has 3 rings (SSSR count). The van der Waals surface area contributed by atoms with Crippen LogP contribution in [0, 0.1) is 5.92 Å². The monoisotopic (exact) mass is 408 g/mol. The van der Waals surface area contributed by atoms with Crippen molar-refractivity contribution in [2.45, 2.75) is 63.9 Å². The van der Waals surface area contributed by atoms with Gasteiger partial charge < -0.3 is 20.1 Å². The maximum Gasteiger partial charge on any atom is 0.166 e. The molecule has 0 aliphatic carbocycles. The Morgan fingerprint density at radius 2 is 2.22 bits per heavy atom. The Kier molecular flexibility index (Phi) is 6.04. The molecule has 2 heterocycles. The summed E-state index contributed by atoms with van der Waals surface area (Å²) in [6.07, 6.45) is 4.84. The average Bonchev–Trinajstić information content (AvgIpc) is 3.12. The molecule has 1 aromatic carbocycles. The van der Waals surface area contributed by atoms with Crippen LogP contribution < -0.4 is 15.4 Å². The van der Waals surface area contributed by atoms with E-state index in [1.165, 1.54) is 0 Å². The van der Waals surface area contributed by atoms with Crippen molar-refractivity contribution in [3.05, 3.63) is 41.4 Å². The predicted octanol–water partition coefficient (Wildman–Crippen LogP) is 4.61. The molecule has 1 aromatic rings. The average molecular weight is 409 g/mol. The first-order valence-corrected chi connectivity index (χ1v) is 10.3. The topological polar surface area (TPSA) is 42.5 Å². The molecule has 148 valence electrons. The summed E-state index contributed by atoms with van der Waals surface area (Å²) in [6, 6.07) is 5.77. The highest BCUT2D eigenvalue weighted by molar-refractivity contribution is 7.80. The molecule has 0 spiro atoms. The molecule has 6 heteroatoms. The summed E-state index contributed by atoms with van der Waals surface area (Å²) >= 11 is 11.7. The van der Waals surface area contributed by atoms with E-state index in [0.717, 1.165) is 30.6 Å². The second-order valence-electron chi connectivity index (χ2n) is 8.01. The van der Waals surface area contributed by atoms with Gasteiger partial charge in [0.15, 0.2) is 5.11 Å². The molecule has 0 radical (unpaired) electrons. The summed E-state index contributed by atoms with van der Waals surface area (Å²) in [4.78, 5) is 0. The number of fused-ring (bicyclic) bond motifs is 2. The lowest BCUT2D eigenvalue weighted by atomic mass is 9.75. The van der Waals surface area contributed by atoms with E-state index in [4.69, 9.17) is 33.3 Å². The summed E-state index contributed by atoms with van der Waals surface area (Å²) in [5.41, 5.74) is 0.608. The summed E-state index contributed by atoms with van der Waals surface area (Å²) in [7, 11) is 0. The number of halogens is 1. The summed E-state index contributed by atoms with van der Waals surface area (Å²) in [5, 5.41) is 7.47. The Morgan fingerprint density at radius 1 is 1.44 bits per heavy atom. The van der Waals surface area contributed by atoms with Crippen LogP contribution in [0.15, 0.2) is 30.9 Å². The minimum atomic E-state index is -0.238. The van der Waals surface area contributed by atoms with Crippen molar-refractivity contribution in [2.24, 2.45) is 5.92 Å². The Balaban J connectivity index is 1.73. The van der Waals surface area contributed by atoms with Crippen LogP contribution in [0.3, 0.4) is 0 Å². The number of benzene rings is 1. The van der Waals surface area contributed by atoms with Gasteiger partial charge in [0.25, 0.3) is 0 Å². The quantitative estimate of drug-likeness (QED) is 0.509. The largest absolute Gasteiger partial charge is 0.487 e. The van der Waals surface area contributed by atoms with Gasteiger partial charge in [-0.25, -0.2) is 0 Å². The molecule has 2 aliphatic heterocycles. The van der Waals surface area contributed by atoms with Crippen molar-refractivity contribution in [2.75, 3.05) is 6.54 Å². The third-order valence-corrected chi connectivity index (χ3v) is 6.57. The van der Waals surface area contributed by atoms with Crippen molar-refractivity contribution in [3.8, 4) is 5.75 Å². The van der Waals surface area contributed by atoms with Crippen LogP contribution in [0.2, 0.25) is 5.02 Å². The van der Waals surface area contributed by atoms with Gasteiger partial charge >= 0.3 is 0 Å². The summed E-state index contributed by atoms with van der Waals surface area (Å²) in [6.45, 7) is 11.4. The molecule has 0 saturated carbocycles. The van der Waals surface area contributed by atoms with Gasteiger partial charge in [0.2, 0.25) is 0 Å². The molecular weight excluding hydrogens is 380 g/mol. The zero-order valence-corrected chi connectivity index (χ0v) is 17.9. The van der Waals surface area contributed by atoms with E-state index >= 15 is 0 Å². The maximum absolute atomic E-state index is 6.49. The van der Waals surface area contributed by atoms with Crippen LogP contribution in [0.1, 0.15) is 45.6 Å². The first kappa shape index (κ1) is 20.4. The van der Waals surface area contributed by atoms with Gasteiger partial charge in [-0.2, -0.15) is 0 Å². The third-order valence-electron chi connectivity index (χ3n) is 5.92. The minimum Gasteiger partial charge on any atom is -0.487 e. The first-order valence-electron chi connectivity index (χ1n) is 9.56. The number of thiocarbonyl (C=S) groups is 1. The zero-order chi connectivity index (χ0) is 19.7. The van der Waals surface area contributed by atoms with Crippen LogP contribution in [-0.2, 0) is 11.3 Å². The summed E-state index contributed by atoms with van der Waals surface area (Å²) < 4.78 is 13.0. The molecule has 0 amide bonds. The molecule has 0 unspecified atom stereocenters. The zero-order valence-electron chi connectivity index (χ0n) is 16.3. The molecule has 4 nitrogen and oxygen atoms in total. The van der Waals surface area contributed by atoms with Crippen LogP contribution >= 0.6 is 23.8 Å². The standard InChI is InChI=1S/C21H29ClN2O2S/c1-5-11-23-19(27)24-13-15-16(22)7-6-8-17(15)25-18-12-21(14(2)3)10-9-20(18,4)26-21/h5-8,14,18H,1,9-13H2,2-4H3,(H2,23,24,27)/t18-,20-,21+/m1/s1. The smallest absolute Gasteiger partial charge is 0.166 e. The normalized spacial score (nSPS) is 29.0. The number of nitrogens with one attached hydrogen (secondary N) is 2. The lowest BCUT2D eigenvalue weighted by molar-refractivity contribution is -0.0770. The van der Waals surface area contributed by atoms with Gasteiger partial charge in [-0.3, -0.25) is 0 Å². The maximum atomic E-state index is 6.49. The molecule has 0 aromatic heterocycles. The Morgan fingerprint density at radius 3 is 2.89 bits per heavy atom.